The van der Waals surface area contributed by atoms with Crippen molar-refractivity contribution >= 4 is 0 Å². The van der Waals surface area contributed by atoms with Crippen LogP contribution in [-0.2, 0) is 0 Å². The van der Waals surface area contributed by atoms with Crippen molar-refractivity contribution in [3.05, 3.63) is 0 Å². The molecule has 1 N–H and O–H groups in total. The predicted octanol–water partition coefficient (Wildman–Crippen LogP) is 3.28. The Kier molecular flexibility index (Phi) is 5.08. The monoisotopic (exact) mass is 252 g/mol. The standard InChI is InChI=1S/C16H32N2/c1-14(15-7-11-18(3)12-8-15)17-13-16(2)9-5-4-6-10-16/h14-15,17H,4-13H2,1-3H3. The second-order valence-corrected chi connectivity index (χ2v) is 7.18. The van der Waals surface area contributed by atoms with Crippen LogP contribution in [0.15, 0.2) is 0 Å². The van der Waals surface area contributed by atoms with Crippen LogP contribution in [0.3, 0.4) is 0 Å². The number of hydrogen-bond acceptors (Lipinski definition) is 2. The van der Waals surface area contributed by atoms with Gasteiger partial charge in [-0.25, -0.2) is 0 Å². The van der Waals surface area contributed by atoms with Crippen LogP contribution in [0.2, 0.25) is 0 Å². The summed E-state index contributed by atoms with van der Waals surface area (Å²) >= 11 is 0. The predicted molar refractivity (Wildman–Crippen MR) is 78.9 cm³/mol. The van der Waals surface area contributed by atoms with Gasteiger partial charge in [0.1, 0.15) is 0 Å². The number of nitrogens with one attached hydrogen (secondary N) is 1. The van der Waals surface area contributed by atoms with E-state index >= 15 is 0 Å². The topological polar surface area (TPSA) is 15.3 Å². The fourth-order valence-corrected chi connectivity index (χ4v) is 3.68. The van der Waals surface area contributed by atoms with Crippen molar-refractivity contribution in [2.75, 3.05) is 26.7 Å². The fraction of sp³-hybridized carbons (Fsp3) is 1.00. The maximum absolute atomic E-state index is 3.86. The number of rotatable bonds is 4. The Labute approximate surface area is 114 Å². The summed E-state index contributed by atoms with van der Waals surface area (Å²) in [7, 11) is 2.25. The van der Waals surface area contributed by atoms with Crippen molar-refractivity contribution < 1.29 is 0 Å². The first-order chi connectivity index (χ1) is 8.59. The average Bonchev–Trinajstić information content (AvgIpc) is 2.38. The molecule has 0 aromatic heterocycles. The Morgan fingerprint density at radius 3 is 2.39 bits per heavy atom. The zero-order chi connectivity index (χ0) is 13.0. The van der Waals surface area contributed by atoms with Gasteiger partial charge in [0.15, 0.2) is 0 Å². The lowest BCUT2D eigenvalue weighted by molar-refractivity contribution is 0.161. The molecule has 2 heteroatoms. The van der Waals surface area contributed by atoms with Crippen molar-refractivity contribution in [2.45, 2.75) is 64.8 Å². The first kappa shape index (κ1) is 14.3. The molecule has 0 aromatic carbocycles. The Balaban J connectivity index is 1.72. The molecule has 0 amide bonds. The van der Waals surface area contributed by atoms with Crippen LogP contribution in [0.1, 0.15) is 58.8 Å². The van der Waals surface area contributed by atoms with Crippen LogP contribution < -0.4 is 5.32 Å². The van der Waals surface area contributed by atoms with Gasteiger partial charge in [0.2, 0.25) is 0 Å². The molecule has 1 atom stereocenters. The van der Waals surface area contributed by atoms with Crippen LogP contribution >= 0.6 is 0 Å². The van der Waals surface area contributed by atoms with Crippen molar-refractivity contribution in [1.29, 1.82) is 0 Å². The van der Waals surface area contributed by atoms with Crippen LogP contribution in [0, 0.1) is 11.3 Å². The highest BCUT2D eigenvalue weighted by atomic mass is 15.1. The molecule has 0 spiro atoms. The van der Waals surface area contributed by atoms with Gasteiger partial charge in [-0.05, 0) is 64.1 Å². The third kappa shape index (κ3) is 3.96. The Morgan fingerprint density at radius 2 is 1.78 bits per heavy atom. The molecule has 2 aliphatic rings. The number of nitrogens with zero attached hydrogens (tertiary/aromatic N) is 1. The van der Waals surface area contributed by atoms with Crippen molar-refractivity contribution in [3.8, 4) is 0 Å². The van der Waals surface area contributed by atoms with Crippen LogP contribution in [0.4, 0.5) is 0 Å². The molecule has 1 saturated heterocycles. The van der Waals surface area contributed by atoms with Crippen LogP contribution in [0.25, 0.3) is 0 Å². The molecule has 2 rings (SSSR count). The van der Waals surface area contributed by atoms with E-state index in [9.17, 15) is 0 Å². The minimum Gasteiger partial charge on any atom is -0.313 e. The second kappa shape index (κ2) is 6.38. The third-order valence-corrected chi connectivity index (χ3v) is 5.38. The molecule has 1 aliphatic heterocycles. The van der Waals surface area contributed by atoms with E-state index in [0.717, 1.165) is 5.92 Å². The lowest BCUT2D eigenvalue weighted by atomic mass is 9.75. The largest absolute Gasteiger partial charge is 0.313 e. The van der Waals surface area contributed by atoms with Gasteiger partial charge in [0, 0.05) is 12.6 Å². The van der Waals surface area contributed by atoms with Crippen molar-refractivity contribution in [1.82, 2.24) is 10.2 Å². The zero-order valence-corrected chi connectivity index (χ0v) is 12.7. The summed E-state index contributed by atoms with van der Waals surface area (Å²) in [4.78, 5) is 2.46. The highest BCUT2D eigenvalue weighted by molar-refractivity contribution is 4.84. The molecular weight excluding hydrogens is 220 g/mol. The number of piperidine rings is 1. The maximum Gasteiger partial charge on any atom is 0.00681 e. The molecule has 0 bridgehead atoms. The van der Waals surface area contributed by atoms with Crippen molar-refractivity contribution in [2.24, 2.45) is 11.3 Å². The summed E-state index contributed by atoms with van der Waals surface area (Å²) in [6.45, 7) is 8.70. The Bertz CT molecular complexity index is 237. The average molecular weight is 252 g/mol. The van der Waals surface area contributed by atoms with Gasteiger partial charge in [-0.15, -0.1) is 0 Å². The molecule has 106 valence electrons. The SMILES string of the molecule is CC(NCC1(C)CCCCC1)C1CCN(C)CC1. The van der Waals surface area contributed by atoms with Gasteiger partial charge in [-0.1, -0.05) is 26.2 Å². The number of hydrogen-bond donors (Lipinski definition) is 1. The first-order valence-electron chi connectivity index (χ1n) is 8.01. The molecule has 18 heavy (non-hydrogen) atoms. The Hall–Kier alpha value is -0.0800. The minimum absolute atomic E-state index is 0.581. The van der Waals surface area contributed by atoms with Gasteiger partial charge in [-0.2, -0.15) is 0 Å². The number of likely N-dealkylation sites (tertiary alicyclic amines) is 1. The van der Waals surface area contributed by atoms with Gasteiger partial charge in [0.05, 0.1) is 0 Å². The molecule has 1 unspecified atom stereocenters. The Morgan fingerprint density at radius 1 is 1.17 bits per heavy atom. The van der Waals surface area contributed by atoms with E-state index in [0.29, 0.717) is 11.5 Å². The molecule has 1 aliphatic carbocycles. The van der Waals surface area contributed by atoms with Crippen molar-refractivity contribution in [3.63, 3.8) is 0 Å². The van der Waals surface area contributed by atoms with Crippen LogP contribution in [0.5, 0.6) is 0 Å². The highest BCUT2D eigenvalue weighted by Crippen LogP contribution is 2.35. The molecule has 2 nitrogen and oxygen atoms in total. The van der Waals surface area contributed by atoms with Gasteiger partial charge < -0.3 is 10.2 Å². The summed E-state index contributed by atoms with van der Waals surface area (Å²) in [5, 5.41) is 3.86. The van der Waals surface area contributed by atoms with E-state index in [2.05, 4.69) is 31.1 Å². The fourth-order valence-electron chi connectivity index (χ4n) is 3.68. The first-order valence-corrected chi connectivity index (χ1v) is 8.01. The summed E-state index contributed by atoms with van der Waals surface area (Å²) in [5.74, 6) is 0.897. The molecule has 0 aromatic rings. The maximum atomic E-state index is 3.86. The second-order valence-electron chi connectivity index (χ2n) is 7.18. The lowest BCUT2D eigenvalue weighted by Crippen LogP contribution is -2.44. The van der Waals surface area contributed by atoms with E-state index in [1.54, 1.807) is 0 Å². The lowest BCUT2D eigenvalue weighted by Gasteiger charge is -2.38. The molecule has 1 saturated carbocycles. The third-order valence-electron chi connectivity index (χ3n) is 5.38. The molecule has 1 heterocycles. The normalized spacial score (nSPS) is 28.2. The molecule has 2 fully saturated rings. The quantitative estimate of drug-likeness (QED) is 0.826. The van der Waals surface area contributed by atoms with Gasteiger partial charge in [0.25, 0.3) is 0 Å². The van der Waals surface area contributed by atoms with Crippen LogP contribution in [-0.4, -0.2) is 37.6 Å². The van der Waals surface area contributed by atoms with Gasteiger partial charge in [-0.3, -0.25) is 0 Å². The van der Waals surface area contributed by atoms with Gasteiger partial charge >= 0.3 is 0 Å². The molecular formula is C16H32N2. The highest BCUT2D eigenvalue weighted by Gasteiger charge is 2.28. The summed E-state index contributed by atoms with van der Waals surface area (Å²) in [6.07, 6.45) is 9.96. The summed E-state index contributed by atoms with van der Waals surface area (Å²) in [6, 6.07) is 0.706. The zero-order valence-electron chi connectivity index (χ0n) is 12.7. The van der Waals surface area contributed by atoms with E-state index in [4.69, 9.17) is 0 Å². The minimum atomic E-state index is 0.581. The molecule has 0 radical (unpaired) electrons. The smallest absolute Gasteiger partial charge is 0.00681 e. The summed E-state index contributed by atoms with van der Waals surface area (Å²) < 4.78 is 0. The van der Waals surface area contributed by atoms with E-state index in [1.165, 1.54) is 64.6 Å². The van der Waals surface area contributed by atoms with E-state index in [1.807, 2.05) is 0 Å². The van der Waals surface area contributed by atoms with E-state index < -0.39 is 0 Å². The van der Waals surface area contributed by atoms with E-state index in [-0.39, 0.29) is 0 Å². The summed E-state index contributed by atoms with van der Waals surface area (Å²) in [5.41, 5.74) is 0.581.